The summed E-state index contributed by atoms with van der Waals surface area (Å²) in [6.45, 7) is 5.94. The van der Waals surface area contributed by atoms with Gasteiger partial charge >= 0.3 is 5.69 Å². The van der Waals surface area contributed by atoms with Crippen LogP contribution in [0.15, 0.2) is 12.1 Å². The average Bonchev–Trinajstić information content (AvgIpc) is 2.26. The van der Waals surface area contributed by atoms with Gasteiger partial charge in [-0.05, 0) is 17.9 Å². The summed E-state index contributed by atoms with van der Waals surface area (Å²) >= 11 is 5.77. The van der Waals surface area contributed by atoms with E-state index >= 15 is 0 Å². The summed E-state index contributed by atoms with van der Waals surface area (Å²) in [7, 11) is 0. The number of pyridine rings is 1. The summed E-state index contributed by atoms with van der Waals surface area (Å²) in [6.07, 6.45) is 0.467. The van der Waals surface area contributed by atoms with E-state index in [0.717, 1.165) is 0 Å². The second-order valence-electron chi connectivity index (χ2n) is 5.33. The molecule has 1 rings (SSSR count). The maximum Gasteiger partial charge on any atom is 0.311 e. The fraction of sp³-hybridized carbons (Fsp3) is 0.583. The van der Waals surface area contributed by atoms with Crippen molar-refractivity contribution in [2.75, 3.05) is 11.9 Å². The van der Waals surface area contributed by atoms with Crippen LogP contribution >= 0.6 is 11.6 Å². The molecule has 1 atom stereocenters. The molecule has 0 aromatic carbocycles. The Bertz CT molecular complexity index is 460. The maximum absolute atomic E-state index is 11.0. The van der Waals surface area contributed by atoms with Gasteiger partial charge in [0.1, 0.15) is 5.15 Å². The van der Waals surface area contributed by atoms with E-state index in [4.69, 9.17) is 16.7 Å². The molecule has 0 radical (unpaired) electrons. The van der Waals surface area contributed by atoms with Crippen molar-refractivity contribution in [1.82, 2.24) is 4.98 Å². The number of aliphatic hydroxyl groups excluding tert-OH is 1. The van der Waals surface area contributed by atoms with Crippen molar-refractivity contribution in [3.8, 4) is 0 Å². The average molecular weight is 288 g/mol. The van der Waals surface area contributed by atoms with Gasteiger partial charge in [0.2, 0.25) is 5.82 Å². The van der Waals surface area contributed by atoms with Crippen molar-refractivity contribution in [2.45, 2.75) is 33.2 Å². The van der Waals surface area contributed by atoms with E-state index in [1.807, 2.05) is 20.8 Å². The molecule has 19 heavy (non-hydrogen) atoms. The predicted octanol–water partition coefficient (Wildman–Crippen LogP) is 2.85. The first-order valence-corrected chi connectivity index (χ1v) is 6.32. The molecule has 6 nitrogen and oxygen atoms in total. The van der Waals surface area contributed by atoms with Crippen molar-refractivity contribution < 1.29 is 10.0 Å². The lowest BCUT2D eigenvalue weighted by Crippen LogP contribution is -2.35. The van der Waals surface area contributed by atoms with Crippen LogP contribution in [0.3, 0.4) is 0 Å². The molecular weight excluding hydrogens is 270 g/mol. The second-order valence-corrected chi connectivity index (χ2v) is 5.72. The molecule has 0 aliphatic rings. The van der Waals surface area contributed by atoms with Crippen LogP contribution in [-0.4, -0.2) is 27.7 Å². The third-order valence-corrected chi connectivity index (χ3v) is 3.02. The maximum atomic E-state index is 11.0. The molecule has 1 heterocycles. The fourth-order valence-corrected chi connectivity index (χ4v) is 1.84. The van der Waals surface area contributed by atoms with Crippen LogP contribution in [0.2, 0.25) is 5.15 Å². The number of aliphatic hydroxyl groups is 1. The van der Waals surface area contributed by atoms with Crippen LogP contribution in [0.25, 0.3) is 0 Å². The number of aromatic nitrogens is 1. The molecular formula is C12H18ClN3O3. The Labute approximate surface area is 117 Å². The third-order valence-electron chi connectivity index (χ3n) is 2.81. The fourth-order valence-electron chi connectivity index (χ4n) is 1.70. The van der Waals surface area contributed by atoms with Crippen molar-refractivity contribution in [2.24, 2.45) is 5.41 Å². The SMILES string of the molecule is CC(C)(C)C(CCO)Nc1nc(Cl)ccc1[N+](=O)[O-]. The zero-order valence-electron chi connectivity index (χ0n) is 11.2. The lowest BCUT2D eigenvalue weighted by Gasteiger charge is -2.31. The molecule has 1 unspecified atom stereocenters. The number of nitrogens with zero attached hydrogens (tertiary/aromatic N) is 2. The monoisotopic (exact) mass is 287 g/mol. The van der Waals surface area contributed by atoms with E-state index in [2.05, 4.69) is 10.3 Å². The molecule has 1 aromatic heterocycles. The van der Waals surface area contributed by atoms with E-state index in [0.29, 0.717) is 6.42 Å². The predicted molar refractivity (Wildman–Crippen MR) is 74.5 cm³/mol. The Morgan fingerprint density at radius 1 is 1.53 bits per heavy atom. The Hall–Kier alpha value is -1.40. The van der Waals surface area contributed by atoms with Gasteiger partial charge in [0.05, 0.1) is 4.92 Å². The van der Waals surface area contributed by atoms with Crippen LogP contribution in [0.1, 0.15) is 27.2 Å². The van der Waals surface area contributed by atoms with Gasteiger partial charge in [-0.3, -0.25) is 10.1 Å². The van der Waals surface area contributed by atoms with Crippen LogP contribution in [-0.2, 0) is 0 Å². The first-order chi connectivity index (χ1) is 8.75. The minimum Gasteiger partial charge on any atom is -0.396 e. The second kappa shape index (κ2) is 6.16. The number of anilines is 1. The molecule has 0 spiro atoms. The Kier molecular flexibility index (Phi) is 5.08. The number of hydrogen-bond acceptors (Lipinski definition) is 5. The highest BCUT2D eigenvalue weighted by molar-refractivity contribution is 6.29. The first-order valence-electron chi connectivity index (χ1n) is 5.94. The Morgan fingerprint density at radius 3 is 2.63 bits per heavy atom. The van der Waals surface area contributed by atoms with Gasteiger partial charge in [-0.2, -0.15) is 0 Å². The first kappa shape index (κ1) is 15.7. The summed E-state index contributed by atoms with van der Waals surface area (Å²) in [6, 6.07) is 2.54. The topological polar surface area (TPSA) is 88.3 Å². The van der Waals surface area contributed by atoms with E-state index in [1.54, 1.807) is 0 Å². The van der Waals surface area contributed by atoms with Crippen molar-refractivity contribution in [1.29, 1.82) is 0 Å². The third kappa shape index (κ3) is 4.33. The summed E-state index contributed by atoms with van der Waals surface area (Å²) in [4.78, 5) is 14.4. The zero-order chi connectivity index (χ0) is 14.6. The largest absolute Gasteiger partial charge is 0.396 e. The van der Waals surface area contributed by atoms with Gasteiger partial charge in [0.25, 0.3) is 0 Å². The molecule has 2 N–H and O–H groups in total. The molecule has 0 aliphatic heterocycles. The molecule has 0 saturated heterocycles. The van der Waals surface area contributed by atoms with E-state index in [1.165, 1.54) is 12.1 Å². The molecule has 0 amide bonds. The molecule has 106 valence electrons. The van der Waals surface area contributed by atoms with Gasteiger partial charge in [0.15, 0.2) is 0 Å². The number of nitro groups is 1. The summed E-state index contributed by atoms with van der Waals surface area (Å²) in [5, 5.41) is 23.2. The van der Waals surface area contributed by atoms with E-state index < -0.39 is 4.92 Å². The number of rotatable bonds is 5. The number of hydrogen-bond donors (Lipinski definition) is 2. The Morgan fingerprint density at radius 2 is 2.16 bits per heavy atom. The van der Waals surface area contributed by atoms with Gasteiger partial charge in [-0.15, -0.1) is 0 Å². The van der Waals surface area contributed by atoms with Crippen molar-refractivity contribution in [3.05, 3.63) is 27.4 Å². The standard InChI is InChI=1S/C12H18ClN3O3/c1-12(2,3)9(6-7-17)14-11-8(16(18)19)4-5-10(13)15-11/h4-5,9,17H,6-7H2,1-3H3,(H,14,15). The normalized spacial score (nSPS) is 13.1. The quantitative estimate of drug-likeness (QED) is 0.494. The van der Waals surface area contributed by atoms with Crippen LogP contribution < -0.4 is 5.32 Å². The zero-order valence-corrected chi connectivity index (χ0v) is 11.9. The molecule has 0 saturated carbocycles. The van der Waals surface area contributed by atoms with Gasteiger partial charge < -0.3 is 10.4 Å². The summed E-state index contributed by atoms with van der Waals surface area (Å²) in [5.74, 6) is 0.130. The smallest absolute Gasteiger partial charge is 0.311 e. The van der Waals surface area contributed by atoms with Gasteiger partial charge in [0, 0.05) is 18.7 Å². The Balaban J connectivity index is 3.08. The number of halogens is 1. The molecule has 1 aromatic rings. The lowest BCUT2D eigenvalue weighted by atomic mass is 9.85. The highest BCUT2D eigenvalue weighted by Gasteiger charge is 2.27. The minimum absolute atomic E-state index is 0.0106. The summed E-state index contributed by atoms with van der Waals surface area (Å²) in [5.41, 5.74) is -0.308. The van der Waals surface area contributed by atoms with Crippen molar-refractivity contribution >= 4 is 23.1 Å². The number of nitrogens with one attached hydrogen (secondary N) is 1. The highest BCUT2D eigenvalue weighted by atomic mass is 35.5. The lowest BCUT2D eigenvalue weighted by molar-refractivity contribution is -0.384. The van der Waals surface area contributed by atoms with Crippen LogP contribution in [0, 0.1) is 15.5 Å². The highest BCUT2D eigenvalue weighted by Crippen LogP contribution is 2.30. The molecule has 0 bridgehead atoms. The molecule has 0 aliphatic carbocycles. The van der Waals surface area contributed by atoms with Gasteiger partial charge in [-0.1, -0.05) is 32.4 Å². The summed E-state index contributed by atoms with van der Waals surface area (Å²) < 4.78 is 0. The van der Waals surface area contributed by atoms with Crippen LogP contribution in [0.4, 0.5) is 11.5 Å². The van der Waals surface area contributed by atoms with Crippen molar-refractivity contribution in [3.63, 3.8) is 0 Å². The van der Waals surface area contributed by atoms with E-state index in [-0.39, 0.29) is 34.7 Å². The molecule has 7 heteroatoms. The van der Waals surface area contributed by atoms with Crippen LogP contribution in [0.5, 0.6) is 0 Å². The van der Waals surface area contributed by atoms with Gasteiger partial charge in [-0.25, -0.2) is 4.98 Å². The molecule has 0 fully saturated rings. The van der Waals surface area contributed by atoms with E-state index in [9.17, 15) is 10.1 Å². The minimum atomic E-state index is -0.510.